The fraction of sp³-hybridized carbons (Fsp3) is 0.300. The minimum absolute atomic E-state index is 0.0109. The highest BCUT2D eigenvalue weighted by Gasteiger charge is 2.09. The Bertz CT molecular complexity index is 337. The van der Waals surface area contributed by atoms with E-state index in [4.69, 9.17) is 28.3 Å². The van der Waals surface area contributed by atoms with E-state index in [0.29, 0.717) is 28.5 Å². The van der Waals surface area contributed by atoms with Crippen molar-refractivity contribution < 1.29 is 9.90 Å². The lowest BCUT2D eigenvalue weighted by atomic mass is 10.1. The molecule has 0 radical (unpaired) electrons. The van der Waals surface area contributed by atoms with E-state index in [-0.39, 0.29) is 12.4 Å². The average Bonchev–Trinajstić information content (AvgIpc) is 2.14. The minimum atomic E-state index is -0.0688. The Labute approximate surface area is 92.5 Å². The number of Topliss-reactive ketones (excluding diaryl/α,β-unsaturated/α-hetero) is 1. The second-order valence-corrected chi connectivity index (χ2v) is 3.72. The third-order valence-electron chi connectivity index (χ3n) is 1.79. The molecule has 76 valence electrons. The summed E-state index contributed by atoms with van der Waals surface area (Å²) in [5, 5.41) is 9.44. The third kappa shape index (κ3) is 2.98. The number of carbonyl (C=O) groups is 1. The molecule has 0 aliphatic rings. The Kier molecular flexibility index (Phi) is 4.39. The first-order valence-electron chi connectivity index (χ1n) is 4.24. The van der Waals surface area contributed by atoms with E-state index >= 15 is 0 Å². The van der Waals surface area contributed by atoms with Crippen molar-refractivity contribution in [2.75, 3.05) is 6.61 Å². The molecule has 0 amide bonds. The number of benzene rings is 1. The molecule has 14 heavy (non-hydrogen) atoms. The van der Waals surface area contributed by atoms with Gasteiger partial charge in [-0.15, -0.1) is 0 Å². The van der Waals surface area contributed by atoms with E-state index in [1.165, 1.54) is 6.07 Å². The second kappa shape index (κ2) is 5.35. The Morgan fingerprint density at radius 1 is 1.36 bits per heavy atom. The SMILES string of the molecule is O=C(CCCO)c1ccc(Cl)cc1Cl. The topological polar surface area (TPSA) is 37.3 Å². The highest BCUT2D eigenvalue weighted by Crippen LogP contribution is 2.22. The molecule has 0 saturated heterocycles. The van der Waals surface area contributed by atoms with Crippen molar-refractivity contribution in [3.63, 3.8) is 0 Å². The zero-order valence-electron chi connectivity index (χ0n) is 7.46. The van der Waals surface area contributed by atoms with Gasteiger partial charge in [0.25, 0.3) is 0 Å². The summed E-state index contributed by atoms with van der Waals surface area (Å²) >= 11 is 11.5. The van der Waals surface area contributed by atoms with Crippen LogP contribution in [0.4, 0.5) is 0 Å². The van der Waals surface area contributed by atoms with Crippen molar-refractivity contribution in [1.82, 2.24) is 0 Å². The van der Waals surface area contributed by atoms with Gasteiger partial charge in [-0.1, -0.05) is 23.2 Å². The normalized spacial score (nSPS) is 10.2. The van der Waals surface area contributed by atoms with Gasteiger partial charge in [0.15, 0.2) is 5.78 Å². The maximum absolute atomic E-state index is 11.5. The first-order chi connectivity index (χ1) is 6.65. The average molecular weight is 233 g/mol. The van der Waals surface area contributed by atoms with Crippen molar-refractivity contribution in [2.45, 2.75) is 12.8 Å². The largest absolute Gasteiger partial charge is 0.396 e. The highest BCUT2D eigenvalue weighted by atomic mass is 35.5. The van der Waals surface area contributed by atoms with Crippen LogP contribution in [0.3, 0.4) is 0 Å². The molecule has 4 heteroatoms. The van der Waals surface area contributed by atoms with Gasteiger partial charge in [0, 0.05) is 23.6 Å². The van der Waals surface area contributed by atoms with Crippen LogP contribution in [0, 0.1) is 0 Å². The van der Waals surface area contributed by atoms with Gasteiger partial charge in [0.1, 0.15) is 0 Å². The molecule has 1 aromatic carbocycles. The molecule has 0 fully saturated rings. The molecule has 0 bridgehead atoms. The molecular formula is C10H10Cl2O2. The summed E-state index contributed by atoms with van der Waals surface area (Å²) in [6.45, 7) is 0.0109. The van der Waals surface area contributed by atoms with E-state index in [1.807, 2.05) is 0 Å². The molecule has 0 unspecified atom stereocenters. The summed E-state index contributed by atoms with van der Waals surface area (Å²) < 4.78 is 0. The Morgan fingerprint density at radius 2 is 2.07 bits per heavy atom. The zero-order chi connectivity index (χ0) is 10.6. The van der Waals surface area contributed by atoms with Crippen LogP contribution in [0.15, 0.2) is 18.2 Å². The molecule has 0 aliphatic heterocycles. The summed E-state index contributed by atoms with van der Waals surface area (Å²) in [7, 11) is 0. The van der Waals surface area contributed by atoms with Crippen molar-refractivity contribution in [3.05, 3.63) is 33.8 Å². The van der Waals surface area contributed by atoms with Crippen LogP contribution in [0.25, 0.3) is 0 Å². The summed E-state index contributed by atoms with van der Waals surface area (Å²) in [5.41, 5.74) is 0.463. The molecule has 1 aromatic rings. The third-order valence-corrected chi connectivity index (χ3v) is 2.34. The van der Waals surface area contributed by atoms with Crippen molar-refractivity contribution in [3.8, 4) is 0 Å². The lowest BCUT2D eigenvalue weighted by Gasteiger charge is -2.02. The van der Waals surface area contributed by atoms with Gasteiger partial charge in [0.05, 0.1) is 5.02 Å². The van der Waals surface area contributed by atoms with Crippen LogP contribution in [0.5, 0.6) is 0 Å². The summed E-state index contributed by atoms with van der Waals surface area (Å²) in [6.07, 6.45) is 0.760. The molecule has 1 rings (SSSR count). The van der Waals surface area contributed by atoms with Crippen LogP contribution >= 0.6 is 23.2 Å². The lowest BCUT2D eigenvalue weighted by molar-refractivity contribution is 0.0971. The van der Waals surface area contributed by atoms with Crippen LogP contribution in [-0.4, -0.2) is 17.5 Å². The van der Waals surface area contributed by atoms with Gasteiger partial charge in [-0.05, 0) is 24.6 Å². The van der Waals surface area contributed by atoms with Crippen molar-refractivity contribution in [2.24, 2.45) is 0 Å². The fourth-order valence-electron chi connectivity index (χ4n) is 1.09. The monoisotopic (exact) mass is 232 g/mol. The van der Waals surface area contributed by atoms with Crippen LogP contribution in [0.2, 0.25) is 10.0 Å². The molecule has 2 nitrogen and oxygen atoms in total. The van der Waals surface area contributed by atoms with Gasteiger partial charge in [0.2, 0.25) is 0 Å². The summed E-state index contributed by atoms with van der Waals surface area (Å²) in [5.74, 6) is -0.0688. The van der Waals surface area contributed by atoms with Gasteiger partial charge in [-0.25, -0.2) is 0 Å². The Hall–Kier alpha value is -0.570. The van der Waals surface area contributed by atoms with E-state index in [1.54, 1.807) is 12.1 Å². The summed E-state index contributed by atoms with van der Waals surface area (Å²) in [4.78, 5) is 11.5. The molecule has 1 N–H and O–H groups in total. The molecule has 0 heterocycles. The van der Waals surface area contributed by atoms with Crippen LogP contribution in [0.1, 0.15) is 23.2 Å². The van der Waals surface area contributed by atoms with Crippen LogP contribution < -0.4 is 0 Å². The smallest absolute Gasteiger partial charge is 0.164 e. The maximum atomic E-state index is 11.5. The van der Waals surface area contributed by atoms with Crippen LogP contribution in [-0.2, 0) is 0 Å². The zero-order valence-corrected chi connectivity index (χ0v) is 8.98. The number of hydrogen-bond donors (Lipinski definition) is 1. The number of ketones is 1. The minimum Gasteiger partial charge on any atom is -0.396 e. The lowest BCUT2D eigenvalue weighted by Crippen LogP contribution is -2.01. The number of carbonyl (C=O) groups excluding carboxylic acids is 1. The van der Waals surface area contributed by atoms with E-state index in [9.17, 15) is 4.79 Å². The standard InChI is InChI=1S/C10H10Cl2O2/c11-7-3-4-8(9(12)6-7)10(14)2-1-5-13/h3-4,6,13H,1-2,5H2. The molecule has 0 spiro atoms. The quantitative estimate of drug-likeness (QED) is 0.811. The molecule has 0 atom stereocenters. The number of aliphatic hydroxyl groups is 1. The van der Waals surface area contributed by atoms with Gasteiger partial charge < -0.3 is 5.11 Å². The van der Waals surface area contributed by atoms with E-state index < -0.39 is 0 Å². The van der Waals surface area contributed by atoms with Crippen molar-refractivity contribution in [1.29, 1.82) is 0 Å². The number of halogens is 2. The second-order valence-electron chi connectivity index (χ2n) is 2.87. The first kappa shape index (κ1) is 11.5. The predicted molar refractivity (Wildman–Crippen MR) is 57.1 cm³/mol. The van der Waals surface area contributed by atoms with Crippen molar-refractivity contribution >= 4 is 29.0 Å². The first-order valence-corrected chi connectivity index (χ1v) is 5.00. The Morgan fingerprint density at radius 3 is 2.64 bits per heavy atom. The number of rotatable bonds is 4. The van der Waals surface area contributed by atoms with Gasteiger partial charge in [-0.3, -0.25) is 4.79 Å². The molecule has 0 saturated carbocycles. The van der Waals surface area contributed by atoms with E-state index in [0.717, 1.165) is 0 Å². The predicted octanol–water partition coefficient (Wildman–Crippen LogP) is 2.95. The van der Waals surface area contributed by atoms with E-state index in [2.05, 4.69) is 0 Å². The summed E-state index contributed by atoms with van der Waals surface area (Å²) in [6, 6.07) is 4.76. The number of aliphatic hydroxyl groups excluding tert-OH is 1. The molecule has 0 aromatic heterocycles. The highest BCUT2D eigenvalue weighted by molar-refractivity contribution is 6.36. The van der Waals surface area contributed by atoms with Gasteiger partial charge in [-0.2, -0.15) is 0 Å². The number of hydrogen-bond acceptors (Lipinski definition) is 2. The van der Waals surface area contributed by atoms with Gasteiger partial charge >= 0.3 is 0 Å². The maximum Gasteiger partial charge on any atom is 0.164 e. The molecule has 0 aliphatic carbocycles. The fourth-order valence-corrected chi connectivity index (χ4v) is 1.60. The Balaban J connectivity index is 2.80. The molecular weight excluding hydrogens is 223 g/mol.